The van der Waals surface area contributed by atoms with Crippen LogP contribution in [0.2, 0.25) is 0 Å². The normalized spacial score (nSPS) is 21.3. The Morgan fingerprint density at radius 3 is 2.68 bits per heavy atom. The van der Waals surface area contributed by atoms with Crippen molar-refractivity contribution in [3.63, 3.8) is 0 Å². The van der Waals surface area contributed by atoms with Crippen LogP contribution in [0.1, 0.15) is 27.1 Å². The maximum atomic E-state index is 12.5. The van der Waals surface area contributed by atoms with Crippen molar-refractivity contribution in [2.24, 2.45) is 5.73 Å². The number of carbonyl (C=O) groups excluding carboxylic acids is 1. The van der Waals surface area contributed by atoms with Gasteiger partial charge in [-0.1, -0.05) is 30.3 Å². The molecule has 2 heterocycles. The number of amides is 1. The molecule has 0 bridgehead atoms. The predicted octanol–water partition coefficient (Wildman–Crippen LogP) is 2.26. The number of benzene rings is 1. The number of likely N-dealkylation sites (tertiary alicyclic amines) is 1. The molecule has 116 valence electrons. The quantitative estimate of drug-likeness (QED) is 0.945. The van der Waals surface area contributed by atoms with Gasteiger partial charge in [0.1, 0.15) is 0 Å². The van der Waals surface area contributed by atoms with E-state index in [9.17, 15) is 4.79 Å². The van der Waals surface area contributed by atoms with Gasteiger partial charge in [-0.15, -0.1) is 11.3 Å². The van der Waals surface area contributed by atoms with E-state index in [1.807, 2.05) is 36.9 Å². The van der Waals surface area contributed by atoms with Crippen LogP contribution in [-0.2, 0) is 11.2 Å². The number of nitrogens with zero attached hydrogens (tertiary/aromatic N) is 2. The summed E-state index contributed by atoms with van der Waals surface area (Å²) in [6.45, 7) is 5.29. The number of hydrogen-bond donors (Lipinski definition) is 1. The van der Waals surface area contributed by atoms with Gasteiger partial charge in [0.2, 0.25) is 5.91 Å². The SMILES string of the molecule is Cc1nc(C)c(CC(=O)N2C[C@H](c3ccccc3)[C@@H](N)C2)s1. The van der Waals surface area contributed by atoms with Crippen molar-refractivity contribution in [3.8, 4) is 0 Å². The van der Waals surface area contributed by atoms with Gasteiger partial charge in [-0.3, -0.25) is 4.79 Å². The summed E-state index contributed by atoms with van der Waals surface area (Å²) in [6.07, 6.45) is 0.436. The molecule has 2 aromatic rings. The molecule has 1 aromatic heterocycles. The summed E-state index contributed by atoms with van der Waals surface area (Å²) in [6, 6.07) is 10.2. The van der Waals surface area contributed by atoms with Crippen LogP contribution in [-0.4, -0.2) is 34.9 Å². The van der Waals surface area contributed by atoms with Crippen LogP contribution in [0, 0.1) is 13.8 Å². The lowest BCUT2D eigenvalue weighted by atomic mass is 9.95. The van der Waals surface area contributed by atoms with Gasteiger partial charge in [-0.05, 0) is 19.4 Å². The second-order valence-corrected chi connectivity index (χ2v) is 7.19. The Hall–Kier alpha value is -1.72. The van der Waals surface area contributed by atoms with Gasteiger partial charge >= 0.3 is 0 Å². The van der Waals surface area contributed by atoms with Crippen molar-refractivity contribution in [1.82, 2.24) is 9.88 Å². The molecule has 1 aromatic carbocycles. The fourth-order valence-corrected chi connectivity index (χ4v) is 4.00. The molecule has 3 rings (SSSR count). The monoisotopic (exact) mass is 315 g/mol. The van der Waals surface area contributed by atoms with E-state index in [0.29, 0.717) is 19.5 Å². The van der Waals surface area contributed by atoms with Gasteiger partial charge < -0.3 is 10.6 Å². The van der Waals surface area contributed by atoms with E-state index in [-0.39, 0.29) is 17.9 Å². The number of rotatable bonds is 3. The second-order valence-electron chi connectivity index (χ2n) is 5.90. The van der Waals surface area contributed by atoms with Gasteiger partial charge in [0, 0.05) is 29.9 Å². The van der Waals surface area contributed by atoms with E-state index in [1.165, 1.54) is 5.56 Å². The molecule has 1 aliphatic heterocycles. The minimum Gasteiger partial charge on any atom is -0.340 e. The molecule has 22 heavy (non-hydrogen) atoms. The van der Waals surface area contributed by atoms with Crippen molar-refractivity contribution in [2.45, 2.75) is 32.2 Å². The summed E-state index contributed by atoms with van der Waals surface area (Å²) in [4.78, 5) is 19.9. The highest BCUT2D eigenvalue weighted by atomic mass is 32.1. The summed E-state index contributed by atoms with van der Waals surface area (Å²) in [7, 11) is 0. The van der Waals surface area contributed by atoms with E-state index in [0.717, 1.165) is 15.6 Å². The highest BCUT2D eigenvalue weighted by Crippen LogP contribution is 2.27. The Morgan fingerprint density at radius 2 is 2.05 bits per heavy atom. The largest absolute Gasteiger partial charge is 0.340 e. The van der Waals surface area contributed by atoms with E-state index >= 15 is 0 Å². The summed E-state index contributed by atoms with van der Waals surface area (Å²) in [5.74, 6) is 0.384. The standard InChI is InChI=1S/C17H21N3OS/c1-11-16(22-12(2)19-11)8-17(21)20-9-14(15(18)10-20)13-6-4-3-5-7-13/h3-7,14-15H,8-10,18H2,1-2H3/t14-,15+/m1/s1. The first-order valence-corrected chi connectivity index (χ1v) is 8.37. The summed E-state index contributed by atoms with van der Waals surface area (Å²) in [5.41, 5.74) is 8.45. The van der Waals surface area contributed by atoms with Crippen molar-refractivity contribution in [1.29, 1.82) is 0 Å². The molecule has 0 spiro atoms. The third-order valence-corrected chi connectivity index (χ3v) is 5.33. The third-order valence-electron chi connectivity index (χ3n) is 4.26. The second kappa shape index (κ2) is 6.18. The van der Waals surface area contributed by atoms with E-state index in [4.69, 9.17) is 5.73 Å². The highest BCUT2D eigenvalue weighted by Gasteiger charge is 2.33. The molecule has 2 N–H and O–H groups in total. The van der Waals surface area contributed by atoms with Crippen LogP contribution in [0.3, 0.4) is 0 Å². The van der Waals surface area contributed by atoms with Crippen LogP contribution in [0.25, 0.3) is 0 Å². The molecule has 1 amide bonds. The molecule has 5 heteroatoms. The molecule has 2 atom stereocenters. The smallest absolute Gasteiger partial charge is 0.227 e. The maximum absolute atomic E-state index is 12.5. The van der Waals surface area contributed by atoms with Crippen molar-refractivity contribution < 1.29 is 4.79 Å². The van der Waals surface area contributed by atoms with Gasteiger partial charge in [0.25, 0.3) is 0 Å². The third kappa shape index (κ3) is 3.05. The van der Waals surface area contributed by atoms with Crippen molar-refractivity contribution >= 4 is 17.2 Å². The van der Waals surface area contributed by atoms with Crippen molar-refractivity contribution in [2.75, 3.05) is 13.1 Å². The molecule has 1 fully saturated rings. The van der Waals surface area contributed by atoms with Crippen molar-refractivity contribution in [3.05, 3.63) is 51.5 Å². The first kappa shape index (κ1) is 15.2. The zero-order chi connectivity index (χ0) is 15.7. The number of aromatic nitrogens is 1. The van der Waals surface area contributed by atoms with E-state index in [2.05, 4.69) is 17.1 Å². The molecule has 0 aliphatic carbocycles. The lowest BCUT2D eigenvalue weighted by Crippen LogP contribution is -2.33. The first-order chi connectivity index (χ1) is 10.5. The fourth-order valence-electron chi connectivity index (χ4n) is 3.07. The molecule has 1 saturated heterocycles. The van der Waals surface area contributed by atoms with Crippen LogP contribution in [0.5, 0.6) is 0 Å². The minimum absolute atomic E-state index is 0.00986. The van der Waals surface area contributed by atoms with Crippen LogP contribution >= 0.6 is 11.3 Å². The number of hydrogen-bond acceptors (Lipinski definition) is 4. The Kier molecular flexibility index (Phi) is 4.27. The Bertz CT molecular complexity index is 668. The molecular weight excluding hydrogens is 294 g/mol. The van der Waals surface area contributed by atoms with E-state index in [1.54, 1.807) is 11.3 Å². The van der Waals surface area contributed by atoms with Crippen LogP contribution in [0.15, 0.2) is 30.3 Å². The number of carbonyl (C=O) groups is 1. The Labute approximate surface area is 135 Å². The zero-order valence-corrected chi connectivity index (χ0v) is 13.8. The topological polar surface area (TPSA) is 59.2 Å². The summed E-state index contributed by atoms with van der Waals surface area (Å²) in [5, 5.41) is 1.01. The average Bonchev–Trinajstić information content (AvgIpc) is 3.03. The van der Waals surface area contributed by atoms with E-state index < -0.39 is 0 Å². The molecule has 4 nitrogen and oxygen atoms in total. The van der Waals surface area contributed by atoms with Crippen LogP contribution < -0.4 is 5.73 Å². The van der Waals surface area contributed by atoms with Gasteiger partial charge in [-0.25, -0.2) is 4.98 Å². The summed E-state index contributed by atoms with van der Waals surface area (Å²) < 4.78 is 0. The maximum Gasteiger partial charge on any atom is 0.227 e. The lowest BCUT2D eigenvalue weighted by Gasteiger charge is -2.16. The molecule has 1 aliphatic rings. The van der Waals surface area contributed by atoms with Gasteiger partial charge in [0.15, 0.2) is 0 Å². The molecular formula is C17H21N3OS. The van der Waals surface area contributed by atoms with Gasteiger partial charge in [-0.2, -0.15) is 0 Å². The molecule has 0 radical (unpaired) electrons. The summed E-state index contributed by atoms with van der Waals surface area (Å²) >= 11 is 1.61. The molecule has 0 saturated carbocycles. The fraction of sp³-hybridized carbons (Fsp3) is 0.412. The number of aryl methyl sites for hydroxylation is 2. The highest BCUT2D eigenvalue weighted by molar-refractivity contribution is 7.11. The molecule has 0 unspecified atom stereocenters. The average molecular weight is 315 g/mol. The predicted molar refractivity (Wildman–Crippen MR) is 89.0 cm³/mol. The minimum atomic E-state index is 0.00986. The Morgan fingerprint density at radius 1 is 1.32 bits per heavy atom. The Balaban J connectivity index is 1.69. The first-order valence-electron chi connectivity index (χ1n) is 7.56. The number of thiazole rings is 1. The van der Waals surface area contributed by atoms with Crippen LogP contribution in [0.4, 0.5) is 0 Å². The van der Waals surface area contributed by atoms with Gasteiger partial charge in [0.05, 0.1) is 17.1 Å². The zero-order valence-electron chi connectivity index (χ0n) is 13.0. The number of nitrogens with two attached hydrogens (primary N) is 1. The lowest BCUT2D eigenvalue weighted by molar-refractivity contribution is -0.129.